The number of fused-ring (bicyclic) bond motifs is 1. The number of aryl methyl sites for hydroxylation is 1. The van der Waals surface area contributed by atoms with E-state index in [1.54, 1.807) is 13.8 Å². The molecule has 0 saturated heterocycles. The van der Waals surface area contributed by atoms with Gasteiger partial charge < -0.3 is 10.1 Å². The van der Waals surface area contributed by atoms with Crippen LogP contribution in [-0.2, 0) is 16.0 Å². The van der Waals surface area contributed by atoms with E-state index in [1.165, 1.54) is 4.90 Å². The number of amides is 2. The van der Waals surface area contributed by atoms with Gasteiger partial charge >= 0.3 is 0 Å². The standard InChI is InChI=1S/C21H24N2O3/c1-15-9-10-18-17(13-15)23(20(25)21(2,3)26-18)14-19(24)22-12-11-16-7-5-4-6-8-16/h4-10,13H,11-12,14H2,1-3H3,(H,22,24). The number of benzene rings is 2. The Bertz CT molecular complexity index is 815. The first-order chi connectivity index (χ1) is 12.4. The fraction of sp³-hybridized carbons (Fsp3) is 0.333. The summed E-state index contributed by atoms with van der Waals surface area (Å²) < 4.78 is 5.81. The van der Waals surface area contributed by atoms with Crippen molar-refractivity contribution in [2.24, 2.45) is 0 Å². The zero-order valence-electron chi connectivity index (χ0n) is 15.4. The van der Waals surface area contributed by atoms with Crippen LogP contribution in [0.3, 0.4) is 0 Å². The topological polar surface area (TPSA) is 58.6 Å². The average molecular weight is 352 g/mol. The molecule has 2 aromatic carbocycles. The summed E-state index contributed by atoms with van der Waals surface area (Å²) in [6.45, 7) is 5.90. The van der Waals surface area contributed by atoms with Gasteiger partial charge in [-0.3, -0.25) is 14.5 Å². The maximum absolute atomic E-state index is 12.8. The first-order valence-electron chi connectivity index (χ1n) is 8.79. The Hall–Kier alpha value is -2.82. The summed E-state index contributed by atoms with van der Waals surface area (Å²) >= 11 is 0. The van der Waals surface area contributed by atoms with Gasteiger partial charge in [-0.2, -0.15) is 0 Å². The Morgan fingerprint density at radius 3 is 2.62 bits per heavy atom. The number of carbonyl (C=O) groups is 2. The lowest BCUT2D eigenvalue weighted by atomic mass is 10.0. The van der Waals surface area contributed by atoms with Crippen LogP contribution in [0.4, 0.5) is 5.69 Å². The van der Waals surface area contributed by atoms with Crippen molar-refractivity contribution in [3.63, 3.8) is 0 Å². The van der Waals surface area contributed by atoms with Crippen LogP contribution in [0.2, 0.25) is 0 Å². The lowest BCUT2D eigenvalue weighted by Crippen LogP contribution is -2.55. The van der Waals surface area contributed by atoms with Crippen molar-refractivity contribution in [2.75, 3.05) is 18.0 Å². The van der Waals surface area contributed by atoms with E-state index >= 15 is 0 Å². The van der Waals surface area contributed by atoms with Crippen LogP contribution in [0.25, 0.3) is 0 Å². The summed E-state index contributed by atoms with van der Waals surface area (Å²) in [5.41, 5.74) is 1.83. The highest BCUT2D eigenvalue weighted by atomic mass is 16.5. The molecule has 0 fully saturated rings. The van der Waals surface area contributed by atoms with Crippen molar-refractivity contribution in [1.82, 2.24) is 5.32 Å². The number of hydrogen-bond acceptors (Lipinski definition) is 3. The normalized spacial score (nSPS) is 15.2. The predicted molar refractivity (Wildman–Crippen MR) is 101 cm³/mol. The summed E-state index contributed by atoms with van der Waals surface area (Å²) in [6.07, 6.45) is 0.755. The third-order valence-electron chi connectivity index (χ3n) is 4.41. The molecule has 1 N–H and O–H groups in total. The van der Waals surface area contributed by atoms with Crippen LogP contribution in [-0.4, -0.2) is 30.5 Å². The smallest absolute Gasteiger partial charge is 0.271 e. The summed E-state index contributed by atoms with van der Waals surface area (Å²) in [7, 11) is 0. The van der Waals surface area contributed by atoms with Gasteiger partial charge in [-0.15, -0.1) is 0 Å². The number of nitrogens with one attached hydrogen (secondary N) is 1. The van der Waals surface area contributed by atoms with Gasteiger partial charge in [0, 0.05) is 6.54 Å². The average Bonchev–Trinajstić information content (AvgIpc) is 2.60. The molecule has 0 bridgehead atoms. The molecule has 1 aliphatic rings. The molecule has 1 aliphatic heterocycles. The number of ether oxygens (including phenoxy) is 1. The van der Waals surface area contributed by atoms with E-state index in [0.29, 0.717) is 18.0 Å². The van der Waals surface area contributed by atoms with Crippen LogP contribution in [0.1, 0.15) is 25.0 Å². The van der Waals surface area contributed by atoms with Gasteiger partial charge in [-0.05, 0) is 50.5 Å². The third-order valence-corrected chi connectivity index (χ3v) is 4.41. The van der Waals surface area contributed by atoms with Crippen molar-refractivity contribution in [2.45, 2.75) is 32.8 Å². The zero-order chi connectivity index (χ0) is 18.7. The van der Waals surface area contributed by atoms with Crippen LogP contribution in [0, 0.1) is 6.92 Å². The van der Waals surface area contributed by atoms with Gasteiger partial charge in [-0.1, -0.05) is 36.4 Å². The van der Waals surface area contributed by atoms with E-state index in [9.17, 15) is 9.59 Å². The fourth-order valence-corrected chi connectivity index (χ4v) is 3.03. The first-order valence-corrected chi connectivity index (χ1v) is 8.79. The highest BCUT2D eigenvalue weighted by molar-refractivity contribution is 6.05. The maximum Gasteiger partial charge on any atom is 0.271 e. The van der Waals surface area contributed by atoms with Crippen molar-refractivity contribution in [1.29, 1.82) is 0 Å². The molecule has 0 aliphatic carbocycles. The largest absolute Gasteiger partial charge is 0.476 e. The number of nitrogens with zero attached hydrogens (tertiary/aromatic N) is 1. The Labute approximate surface area is 154 Å². The molecule has 1 heterocycles. The van der Waals surface area contributed by atoms with Crippen LogP contribution in [0.15, 0.2) is 48.5 Å². The molecule has 3 rings (SSSR count). The molecule has 2 aromatic rings. The van der Waals surface area contributed by atoms with Crippen LogP contribution >= 0.6 is 0 Å². The van der Waals surface area contributed by atoms with Gasteiger partial charge in [0.25, 0.3) is 5.91 Å². The van der Waals surface area contributed by atoms with Crippen molar-refractivity contribution in [3.8, 4) is 5.75 Å². The molecular weight excluding hydrogens is 328 g/mol. The minimum absolute atomic E-state index is 0.0170. The first kappa shape index (κ1) is 18.0. The molecule has 0 spiro atoms. The van der Waals surface area contributed by atoms with Crippen molar-refractivity contribution < 1.29 is 14.3 Å². The Morgan fingerprint density at radius 2 is 1.88 bits per heavy atom. The van der Waals surface area contributed by atoms with Gasteiger partial charge in [0.2, 0.25) is 5.91 Å². The Balaban J connectivity index is 1.68. The highest BCUT2D eigenvalue weighted by Crippen LogP contribution is 2.38. The summed E-state index contributed by atoms with van der Waals surface area (Å²) in [5, 5.41) is 2.90. The van der Waals surface area contributed by atoms with Gasteiger partial charge in [0.05, 0.1) is 5.69 Å². The number of anilines is 1. The summed E-state index contributed by atoms with van der Waals surface area (Å²) in [4.78, 5) is 26.7. The zero-order valence-corrected chi connectivity index (χ0v) is 15.4. The van der Waals surface area contributed by atoms with E-state index in [-0.39, 0.29) is 18.4 Å². The van der Waals surface area contributed by atoms with E-state index in [4.69, 9.17) is 4.74 Å². The molecule has 0 radical (unpaired) electrons. The Morgan fingerprint density at radius 1 is 1.15 bits per heavy atom. The van der Waals surface area contributed by atoms with E-state index in [2.05, 4.69) is 5.32 Å². The summed E-state index contributed by atoms with van der Waals surface area (Å²) in [6, 6.07) is 15.6. The quantitative estimate of drug-likeness (QED) is 0.900. The van der Waals surface area contributed by atoms with Gasteiger partial charge in [0.1, 0.15) is 12.3 Å². The van der Waals surface area contributed by atoms with Crippen molar-refractivity contribution >= 4 is 17.5 Å². The fourth-order valence-electron chi connectivity index (χ4n) is 3.03. The number of rotatable bonds is 5. The van der Waals surface area contributed by atoms with E-state index < -0.39 is 5.60 Å². The molecule has 26 heavy (non-hydrogen) atoms. The molecular formula is C21H24N2O3. The second kappa shape index (κ2) is 7.20. The highest BCUT2D eigenvalue weighted by Gasteiger charge is 2.41. The molecule has 0 atom stereocenters. The Kier molecular flexibility index (Phi) is 4.98. The lowest BCUT2D eigenvalue weighted by molar-refractivity contribution is -0.134. The molecule has 5 nitrogen and oxygen atoms in total. The molecule has 0 aromatic heterocycles. The molecule has 5 heteroatoms. The number of hydrogen-bond donors (Lipinski definition) is 1. The molecule has 0 saturated carbocycles. The van der Waals surface area contributed by atoms with Crippen LogP contribution < -0.4 is 15.0 Å². The third kappa shape index (κ3) is 3.87. The van der Waals surface area contributed by atoms with E-state index in [0.717, 1.165) is 17.5 Å². The molecule has 136 valence electrons. The SMILES string of the molecule is Cc1ccc2c(c1)N(CC(=O)NCCc1ccccc1)C(=O)C(C)(C)O2. The van der Waals surface area contributed by atoms with Crippen LogP contribution in [0.5, 0.6) is 5.75 Å². The van der Waals surface area contributed by atoms with Crippen molar-refractivity contribution in [3.05, 3.63) is 59.7 Å². The molecule has 2 amide bonds. The lowest BCUT2D eigenvalue weighted by Gasteiger charge is -2.38. The van der Waals surface area contributed by atoms with E-state index in [1.807, 2.05) is 55.5 Å². The second-order valence-electron chi connectivity index (χ2n) is 7.06. The van der Waals surface area contributed by atoms with Gasteiger partial charge in [-0.25, -0.2) is 0 Å². The maximum atomic E-state index is 12.8. The predicted octanol–water partition coefficient (Wildman–Crippen LogP) is 2.86. The van der Waals surface area contributed by atoms with Gasteiger partial charge in [0.15, 0.2) is 5.60 Å². The second-order valence-corrected chi connectivity index (χ2v) is 7.06. The number of carbonyl (C=O) groups excluding carboxylic acids is 2. The monoisotopic (exact) mass is 352 g/mol. The summed E-state index contributed by atoms with van der Waals surface area (Å²) in [5.74, 6) is 0.227. The minimum Gasteiger partial charge on any atom is -0.476 e. The molecule has 0 unspecified atom stereocenters. The minimum atomic E-state index is -0.993.